The van der Waals surface area contributed by atoms with E-state index in [-0.39, 0.29) is 24.2 Å². The number of halogens is 2. The van der Waals surface area contributed by atoms with Crippen molar-refractivity contribution < 1.29 is 27.8 Å². The van der Waals surface area contributed by atoms with E-state index in [0.717, 1.165) is 23.3 Å². The molecular formula is C21H22F2N4O4. The molecule has 10 heteroatoms. The molecule has 1 aromatic carbocycles. The molecule has 1 aromatic heterocycles. The minimum atomic E-state index is -2.74. The van der Waals surface area contributed by atoms with Crippen molar-refractivity contribution in [3.05, 3.63) is 30.0 Å². The molecule has 2 fully saturated rings. The Bertz CT molecular complexity index is 1040. The van der Waals surface area contributed by atoms with Gasteiger partial charge in [-0.2, -0.15) is 0 Å². The lowest BCUT2D eigenvalue weighted by Gasteiger charge is -2.17. The summed E-state index contributed by atoms with van der Waals surface area (Å²) in [5, 5.41) is 0. The number of carbonyl (C=O) groups excluding carboxylic acids is 2. The van der Waals surface area contributed by atoms with E-state index in [1.165, 1.54) is 0 Å². The summed E-state index contributed by atoms with van der Waals surface area (Å²) in [5.74, 6) is 1.12. The average molecular weight is 432 g/mol. The van der Waals surface area contributed by atoms with Crippen molar-refractivity contribution in [3.63, 3.8) is 0 Å². The Hall–Kier alpha value is -3.17. The molecule has 0 unspecified atom stereocenters. The molecule has 0 bridgehead atoms. The highest BCUT2D eigenvalue weighted by molar-refractivity contribution is 5.89. The van der Waals surface area contributed by atoms with Crippen LogP contribution in [0, 0.1) is 11.8 Å². The van der Waals surface area contributed by atoms with E-state index in [9.17, 15) is 18.4 Å². The van der Waals surface area contributed by atoms with Gasteiger partial charge in [0.2, 0.25) is 5.91 Å². The average Bonchev–Trinajstić information content (AvgIpc) is 3.41. The second-order valence-corrected chi connectivity index (χ2v) is 8.19. The van der Waals surface area contributed by atoms with Crippen LogP contribution in [0.4, 0.5) is 19.4 Å². The van der Waals surface area contributed by atoms with Crippen molar-refractivity contribution in [2.75, 3.05) is 18.1 Å². The number of nitrogens with zero attached hydrogens (tertiary/aromatic N) is 3. The lowest BCUT2D eigenvalue weighted by Crippen LogP contribution is -2.38. The third-order valence-electron chi connectivity index (χ3n) is 6.10. The van der Waals surface area contributed by atoms with Crippen LogP contribution in [-0.4, -0.2) is 47.2 Å². The SMILES string of the molecule is NC(=O)[C@@H](Cc1ccc2c(c1)OCCn1cc(N3C(=O)OC[C@H]3C(F)F)nc1-2)C1CC1. The van der Waals surface area contributed by atoms with Crippen molar-refractivity contribution >= 4 is 17.8 Å². The molecule has 8 nitrogen and oxygen atoms in total. The normalized spacial score (nSPS) is 21.2. The van der Waals surface area contributed by atoms with Crippen molar-refractivity contribution in [2.45, 2.75) is 38.3 Å². The Balaban J connectivity index is 1.46. The van der Waals surface area contributed by atoms with E-state index in [4.69, 9.17) is 15.2 Å². The molecule has 2 N–H and O–H groups in total. The van der Waals surface area contributed by atoms with Gasteiger partial charge in [-0.15, -0.1) is 0 Å². The van der Waals surface area contributed by atoms with Crippen LogP contribution in [0.15, 0.2) is 24.4 Å². The maximum atomic E-state index is 13.3. The van der Waals surface area contributed by atoms with Gasteiger partial charge in [-0.1, -0.05) is 6.07 Å². The topological polar surface area (TPSA) is 99.7 Å². The van der Waals surface area contributed by atoms with Crippen molar-refractivity contribution in [2.24, 2.45) is 17.6 Å². The molecule has 0 spiro atoms. The second kappa shape index (κ2) is 7.51. The minimum absolute atomic E-state index is 0.127. The number of carbonyl (C=O) groups is 2. The number of amides is 2. The van der Waals surface area contributed by atoms with E-state index in [2.05, 4.69) is 4.98 Å². The molecule has 3 aliphatic rings. The number of hydrogen-bond acceptors (Lipinski definition) is 5. The van der Waals surface area contributed by atoms with E-state index in [1.807, 2.05) is 18.2 Å². The molecule has 3 heterocycles. The van der Waals surface area contributed by atoms with Crippen LogP contribution in [0.1, 0.15) is 18.4 Å². The van der Waals surface area contributed by atoms with Crippen molar-refractivity contribution in [1.29, 1.82) is 0 Å². The summed E-state index contributed by atoms with van der Waals surface area (Å²) >= 11 is 0. The molecule has 2 aromatic rings. The molecule has 5 rings (SSSR count). The van der Waals surface area contributed by atoms with Crippen LogP contribution < -0.4 is 15.4 Å². The van der Waals surface area contributed by atoms with E-state index in [1.54, 1.807) is 10.8 Å². The summed E-state index contributed by atoms with van der Waals surface area (Å²) in [7, 11) is 0. The number of anilines is 1. The van der Waals surface area contributed by atoms with Crippen LogP contribution >= 0.6 is 0 Å². The van der Waals surface area contributed by atoms with E-state index >= 15 is 0 Å². The van der Waals surface area contributed by atoms with Gasteiger partial charge >= 0.3 is 6.09 Å². The fourth-order valence-electron chi connectivity index (χ4n) is 4.29. The summed E-state index contributed by atoms with van der Waals surface area (Å²) in [5.41, 5.74) is 7.21. The molecule has 1 aliphatic carbocycles. The molecule has 1 saturated carbocycles. The van der Waals surface area contributed by atoms with Gasteiger partial charge in [0, 0.05) is 12.1 Å². The fraction of sp³-hybridized carbons (Fsp3) is 0.476. The quantitative estimate of drug-likeness (QED) is 0.756. The number of primary amides is 1. The number of nitrogens with two attached hydrogens (primary N) is 1. The maximum absolute atomic E-state index is 13.3. The molecule has 1 saturated heterocycles. The fourth-order valence-corrected chi connectivity index (χ4v) is 4.29. The van der Waals surface area contributed by atoms with Gasteiger partial charge in [-0.3, -0.25) is 4.79 Å². The first-order chi connectivity index (χ1) is 14.9. The largest absolute Gasteiger partial charge is 0.491 e. The van der Waals surface area contributed by atoms with Gasteiger partial charge < -0.3 is 19.8 Å². The van der Waals surface area contributed by atoms with E-state index in [0.29, 0.717) is 42.6 Å². The molecular weight excluding hydrogens is 410 g/mol. The first-order valence-electron chi connectivity index (χ1n) is 10.3. The zero-order valence-electron chi connectivity index (χ0n) is 16.7. The number of aromatic nitrogens is 2. The molecule has 2 aliphatic heterocycles. The number of ether oxygens (including phenoxy) is 2. The summed E-state index contributed by atoms with van der Waals surface area (Å²) in [6, 6.07) is 4.26. The number of alkyl halides is 2. The Morgan fingerprint density at radius 2 is 2.10 bits per heavy atom. The van der Waals surface area contributed by atoms with Crippen LogP contribution in [0.2, 0.25) is 0 Å². The first-order valence-corrected chi connectivity index (χ1v) is 10.3. The number of imidazole rings is 1. The Morgan fingerprint density at radius 3 is 2.81 bits per heavy atom. The van der Waals surface area contributed by atoms with Crippen LogP contribution in [0.3, 0.4) is 0 Å². The number of fused-ring (bicyclic) bond motifs is 3. The number of cyclic esters (lactones) is 1. The van der Waals surface area contributed by atoms with Gasteiger partial charge in [0.25, 0.3) is 6.43 Å². The lowest BCUT2D eigenvalue weighted by atomic mass is 9.93. The predicted molar refractivity (Wildman–Crippen MR) is 106 cm³/mol. The predicted octanol–water partition coefficient (Wildman–Crippen LogP) is 2.59. The third-order valence-corrected chi connectivity index (χ3v) is 6.10. The summed E-state index contributed by atoms with van der Waals surface area (Å²) < 4.78 is 39.2. The molecule has 31 heavy (non-hydrogen) atoms. The van der Waals surface area contributed by atoms with Gasteiger partial charge in [-0.05, 0) is 42.9 Å². The lowest BCUT2D eigenvalue weighted by molar-refractivity contribution is -0.122. The molecule has 164 valence electrons. The first kappa shape index (κ1) is 19.8. The Labute approximate surface area is 176 Å². The van der Waals surface area contributed by atoms with Crippen molar-refractivity contribution in [1.82, 2.24) is 9.55 Å². The minimum Gasteiger partial charge on any atom is -0.491 e. The Kier molecular flexibility index (Phi) is 4.79. The monoisotopic (exact) mass is 432 g/mol. The van der Waals surface area contributed by atoms with Crippen LogP contribution in [0.5, 0.6) is 5.75 Å². The van der Waals surface area contributed by atoms with Crippen molar-refractivity contribution in [3.8, 4) is 17.1 Å². The zero-order chi connectivity index (χ0) is 21.7. The van der Waals surface area contributed by atoms with Gasteiger partial charge in [0.05, 0.1) is 12.1 Å². The van der Waals surface area contributed by atoms with Gasteiger partial charge in [0.1, 0.15) is 30.8 Å². The van der Waals surface area contributed by atoms with Crippen LogP contribution in [-0.2, 0) is 22.5 Å². The summed E-state index contributed by atoms with van der Waals surface area (Å²) in [6.45, 7) is 0.425. The number of hydrogen-bond donors (Lipinski definition) is 1. The summed E-state index contributed by atoms with van der Waals surface area (Å²) in [6.07, 6.45) is 0.590. The summed E-state index contributed by atoms with van der Waals surface area (Å²) in [4.78, 5) is 29.2. The highest BCUT2D eigenvalue weighted by Gasteiger charge is 2.42. The molecule has 0 radical (unpaired) electrons. The smallest absolute Gasteiger partial charge is 0.416 e. The van der Waals surface area contributed by atoms with Gasteiger partial charge in [-0.25, -0.2) is 23.5 Å². The zero-order valence-corrected chi connectivity index (χ0v) is 16.7. The van der Waals surface area contributed by atoms with Crippen LogP contribution in [0.25, 0.3) is 11.4 Å². The highest BCUT2D eigenvalue weighted by Crippen LogP contribution is 2.40. The maximum Gasteiger partial charge on any atom is 0.416 e. The van der Waals surface area contributed by atoms with Gasteiger partial charge in [0.15, 0.2) is 5.82 Å². The Morgan fingerprint density at radius 1 is 1.29 bits per heavy atom. The highest BCUT2D eigenvalue weighted by atomic mass is 19.3. The third kappa shape index (κ3) is 3.60. The standard InChI is InChI=1S/C21H22F2N4O4/c22-18(23)15-10-31-21(29)27(15)17-9-26-5-6-30-16-8-11(1-4-13(16)20(26)25-17)7-14(19(24)28)12-2-3-12/h1,4,8-9,12,14-15,18H,2-3,5-7,10H2,(H2,24,28)/t14-,15-/m0/s1. The second-order valence-electron chi connectivity index (χ2n) is 8.19. The van der Waals surface area contributed by atoms with E-state index < -0.39 is 18.6 Å². The molecule has 2 amide bonds. The molecule has 2 atom stereocenters. The number of benzene rings is 1. The number of rotatable bonds is 6.